The van der Waals surface area contributed by atoms with Gasteiger partial charge in [0.2, 0.25) is 0 Å². The van der Waals surface area contributed by atoms with Gasteiger partial charge in [-0.25, -0.2) is 14.5 Å². The highest BCUT2D eigenvalue weighted by Gasteiger charge is 2.35. The number of hydrogen-bond donors (Lipinski definition) is 2. The number of anilines is 1. The summed E-state index contributed by atoms with van der Waals surface area (Å²) in [4.78, 5) is 22.0. The van der Waals surface area contributed by atoms with Gasteiger partial charge in [0.25, 0.3) is 0 Å². The molecule has 0 bridgehead atoms. The molecule has 12 heteroatoms. The van der Waals surface area contributed by atoms with E-state index in [1.807, 2.05) is 55.7 Å². The van der Waals surface area contributed by atoms with E-state index in [2.05, 4.69) is 10.1 Å². The molecule has 2 aromatic heterocycles. The molecule has 0 aliphatic rings. The molecule has 0 fully saturated rings. The Labute approximate surface area is 246 Å². The van der Waals surface area contributed by atoms with Crippen LogP contribution in [-0.2, 0) is 30.0 Å². The van der Waals surface area contributed by atoms with Gasteiger partial charge in [0.1, 0.15) is 29.7 Å². The second kappa shape index (κ2) is 13.6. The van der Waals surface area contributed by atoms with Gasteiger partial charge in [-0.3, -0.25) is 9.32 Å². The number of imidazole rings is 1. The summed E-state index contributed by atoms with van der Waals surface area (Å²) in [5.41, 5.74) is 8.45. The molecule has 0 saturated heterocycles. The maximum atomic E-state index is 14.2. The molecule has 42 heavy (non-hydrogen) atoms. The van der Waals surface area contributed by atoms with Crippen LogP contribution in [0.15, 0.2) is 54.6 Å². The van der Waals surface area contributed by atoms with E-state index in [1.54, 1.807) is 45.0 Å². The van der Waals surface area contributed by atoms with Gasteiger partial charge in [-0.15, -0.1) is 0 Å². The van der Waals surface area contributed by atoms with Crippen molar-refractivity contribution in [1.29, 1.82) is 0 Å². The molecule has 0 aliphatic heterocycles. The molecule has 4 rings (SSSR count). The maximum Gasteiger partial charge on any atom is 0.459 e. The van der Waals surface area contributed by atoms with Crippen LogP contribution >= 0.6 is 7.75 Å². The summed E-state index contributed by atoms with van der Waals surface area (Å²) in [6.45, 7) is 11.7. The number of nitrogens with one attached hydrogen (secondary N) is 1. The Morgan fingerprint density at radius 3 is 2.38 bits per heavy atom. The fourth-order valence-corrected chi connectivity index (χ4v) is 6.10. The maximum absolute atomic E-state index is 14.2. The number of fused-ring (bicyclic) bond motifs is 3. The lowest BCUT2D eigenvalue weighted by Gasteiger charge is -2.29. The average Bonchev–Trinajstić information content (AvgIpc) is 3.32. The number of esters is 1. The molecular weight excluding hydrogens is 557 g/mol. The van der Waals surface area contributed by atoms with Gasteiger partial charge in [-0.05, 0) is 51.8 Å². The molecular formula is C30H40N5O6P. The molecule has 226 valence electrons. The second-order valence-electron chi connectivity index (χ2n) is 10.6. The third kappa shape index (κ3) is 7.28. The Hall–Kier alpha value is -3.50. The van der Waals surface area contributed by atoms with Crippen LogP contribution < -0.4 is 15.3 Å². The number of nitrogen functional groups attached to an aromatic ring is 1. The fourth-order valence-electron chi connectivity index (χ4n) is 4.60. The van der Waals surface area contributed by atoms with Crippen LogP contribution in [0.5, 0.6) is 5.75 Å². The van der Waals surface area contributed by atoms with Gasteiger partial charge < -0.3 is 24.3 Å². The SMILES string of the molecule is CCOCc1nc2c(N)nc3ccccc3c2n1[C@H](CO[P@@](=O)(N[C@@H](C)C(=O)OC(C)C)Oc1ccccc1)C(C)C. The van der Waals surface area contributed by atoms with Crippen molar-refractivity contribution >= 4 is 41.5 Å². The van der Waals surface area contributed by atoms with Crippen molar-refractivity contribution in [3.8, 4) is 5.75 Å². The largest absolute Gasteiger partial charge is 0.462 e. The molecule has 0 amide bonds. The summed E-state index contributed by atoms with van der Waals surface area (Å²) >= 11 is 0. The minimum Gasteiger partial charge on any atom is -0.462 e. The van der Waals surface area contributed by atoms with Crippen LogP contribution in [0.4, 0.5) is 5.82 Å². The molecule has 0 radical (unpaired) electrons. The van der Waals surface area contributed by atoms with Crippen LogP contribution in [0.3, 0.4) is 0 Å². The number of carbonyl (C=O) groups excluding carboxylic acids is 1. The average molecular weight is 598 g/mol. The monoisotopic (exact) mass is 597 g/mol. The number of nitrogens with zero attached hydrogens (tertiary/aromatic N) is 3. The quantitative estimate of drug-likeness (QED) is 0.131. The first-order valence-corrected chi connectivity index (χ1v) is 15.7. The Bertz CT molecular complexity index is 1560. The molecule has 2 heterocycles. The molecule has 0 saturated carbocycles. The van der Waals surface area contributed by atoms with E-state index >= 15 is 0 Å². The van der Waals surface area contributed by atoms with Gasteiger partial charge in [-0.1, -0.05) is 50.2 Å². The van der Waals surface area contributed by atoms with Gasteiger partial charge >= 0.3 is 13.7 Å². The van der Waals surface area contributed by atoms with Crippen LogP contribution in [0.1, 0.15) is 53.4 Å². The number of hydrogen-bond acceptors (Lipinski definition) is 9. The lowest BCUT2D eigenvalue weighted by molar-refractivity contribution is -0.149. The zero-order valence-electron chi connectivity index (χ0n) is 24.9. The number of aromatic nitrogens is 3. The predicted molar refractivity (Wildman–Crippen MR) is 163 cm³/mol. The Balaban J connectivity index is 1.76. The van der Waals surface area contributed by atoms with Gasteiger partial charge in [0.05, 0.1) is 29.8 Å². The smallest absolute Gasteiger partial charge is 0.459 e. The third-order valence-corrected chi connectivity index (χ3v) is 8.25. The first kappa shape index (κ1) is 31.4. The Morgan fingerprint density at radius 2 is 1.71 bits per heavy atom. The molecule has 3 atom stereocenters. The summed E-state index contributed by atoms with van der Waals surface area (Å²) in [6, 6.07) is 15.0. The summed E-state index contributed by atoms with van der Waals surface area (Å²) in [6.07, 6.45) is -0.336. The predicted octanol–water partition coefficient (Wildman–Crippen LogP) is 6.03. The highest BCUT2D eigenvalue weighted by atomic mass is 31.2. The van der Waals surface area contributed by atoms with E-state index in [9.17, 15) is 9.36 Å². The van der Waals surface area contributed by atoms with E-state index in [0.29, 0.717) is 29.5 Å². The first-order valence-electron chi connectivity index (χ1n) is 14.1. The minimum absolute atomic E-state index is 0.00978. The molecule has 0 spiro atoms. The molecule has 0 aliphatic carbocycles. The number of rotatable bonds is 14. The van der Waals surface area contributed by atoms with Crippen molar-refractivity contribution in [3.63, 3.8) is 0 Å². The number of para-hydroxylation sites is 2. The van der Waals surface area contributed by atoms with Crippen molar-refractivity contribution in [3.05, 3.63) is 60.4 Å². The number of nitrogens with two attached hydrogens (primary N) is 1. The second-order valence-corrected chi connectivity index (χ2v) is 12.3. The summed E-state index contributed by atoms with van der Waals surface area (Å²) < 4.78 is 39.4. The summed E-state index contributed by atoms with van der Waals surface area (Å²) in [7, 11) is -4.10. The van der Waals surface area contributed by atoms with Crippen molar-refractivity contribution in [1.82, 2.24) is 19.6 Å². The number of ether oxygens (including phenoxy) is 2. The van der Waals surface area contributed by atoms with Crippen molar-refractivity contribution < 1.29 is 27.9 Å². The molecule has 2 aromatic carbocycles. The van der Waals surface area contributed by atoms with Crippen molar-refractivity contribution in [2.45, 2.75) is 66.3 Å². The van der Waals surface area contributed by atoms with Crippen LogP contribution in [0.2, 0.25) is 0 Å². The fraction of sp³-hybridized carbons (Fsp3) is 0.433. The van der Waals surface area contributed by atoms with Crippen LogP contribution in [0.25, 0.3) is 21.9 Å². The van der Waals surface area contributed by atoms with E-state index in [4.69, 9.17) is 29.2 Å². The number of carbonyl (C=O) groups is 1. The molecule has 3 N–H and O–H groups in total. The molecule has 11 nitrogen and oxygen atoms in total. The van der Waals surface area contributed by atoms with E-state index in [-0.39, 0.29) is 31.3 Å². The zero-order valence-corrected chi connectivity index (χ0v) is 25.8. The summed E-state index contributed by atoms with van der Waals surface area (Å²) in [5.74, 6) is 0.693. The lowest BCUT2D eigenvalue weighted by Crippen LogP contribution is -2.36. The van der Waals surface area contributed by atoms with E-state index in [1.165, 1.54) is 0 Å². The lowest BCUT2D eigenvalue weighted by atomic mass is 10.0. The van der Waals surface area contributed by atoms with E-state index < -0.39 is 19.8 Å². The normalized spacial score (nSPS) is 14.8. The third-order valence-electron chi connectivity index (χ3n) is 6.60. The standard InChI is InChI=1S/C30H40N5O6P/c1-7-38-18-26-33-27-28(23-15-11-12-16-24(23)32-29(27)31)35(26)25(19(2)3)17-39-42(37,41-22-13-9-8-10-14-22)34-21(6)30(36)40-20(4)5/h8-16,19-21,25H,7,17-18H2,1-6H3,(H2,31,32)(H,34,37)/t21-,25+,42-/m0/s1. The molecule has 4 aromatic rings. The van der Waals surface area contributed by atoms with Gasteiger partial charge in [0, 0.05) is 12.0 Å². The first-order chi connectivity index (χ1) is 20.0. The number of pyridine rings is 1. The van der Waals surface area contributed by atoms with Crippen LogP contribution in [0, 0.1) is 5.92 Å². The van der Waals surface area contributed by atoms with E-state index in [0.717, 1.165) is 16.4 Å². The van der Waals surface area contributed by atoms with Gasteiger partial charge in [0.15, 0.2) is 5.82 Å². The Morgan fingerprint density at radius 1 is 1.02 bits per heavy atom. The highest BCUT2D eigenvalue weighted by molar-refractivity contribution is 7.52. The molecule has 0 unspecified atom stereocenters. The van der Waals surface area contributed by atoms with Crippen molar-refractivity contribution in [2.24, 2.45) is 5.92 Å². The topological polar surface area (TPSA) is 140 Å². The van der Waals surface area contributed by atoms with Crippen LogP contribution in [-0.4, -0.2) is 45.9 Å². The number of benzene rings is 2. The highest BCUT2D eigenvalue weighted by Crippen LogP contribution is 2.46. The van der Waals surface area contributed by atoms with Gasteiger partial charge in [-0.2, -0.15) is 5.09 Å². The zero-order chi connectivity index (χ0) is 30.4. The minimum atomic E-state index is -4.10. The van der Waals surface area contributed by atoms with Crippen molar-refractivity contribution in [2.75, 3.05) is 18.9 Å². The summed E-state index contributed by atoms with van der Waals surface area (Å²) in [5, 5.41) is 3.64. The Kier molecular flexibility index (Phi) is 10.2.